The molecule has 0 radical (unpaired) electrons. The monoisotopic (exact) mass is 936 g/mol. The molecule has 0 aromatic rings. The van der Waals surface area contributed by atoms with E-state index in [0.717, 1.165) is 57.8 Å². The molecule has 9 nitrogen and oxygen atoms in total. The first-order valence-electron chi connectivity index (χ1n) is 28.3. The Bertz CT molecular complexity index is 1090. The zero-order valence-corrected chi connectivity index (χ0v) is 44.3. The van der Waals surface area contributed by atoms with Crippen LogP contribution in [0.3, 0.4) is 0 Å². The molecule has 0 heterocycles. The molecule has 0 spiro atoms. The summed E-state index contributed by atoms with van der Waals surface area (Å²) in [6, 6.07) is 0. The van der Waals surface area contributed by atoms with E-state index in [-0.39, 0.29) is 32.2 Å². The molecule has 0 aromatic carbocycles. The fraction of sp³-hybridized carbons (Fsp3) is 0.912. The second-order valence-electron chi connectivity index (χ2n) is 20.6. The molecule has 0 amide bonds. The van der Waals surface area contributed by atoms with Gasteiger partial charge in [-0.3, -0.25) is 9.59 Å². The molecule has 0 aliphatic heterocycles. The van der Waals surface area contributed by atoms with Gasteiger partial charge in [0.05, 0.1) is 40.3 Å². The summed E-state index contributed by atoms with van der Waals surface area (Å²) in [5.41, 5.74) is 0. The molecular formula is C57H109NO8. The van der Waals surface area contributed by atoms with E-state index in [2.05, 4.69) is 26.0 Å². The first-order valence-corrected chi connectivity index (χ1v) is 28.3. The predicted molar refractivity (Wildman–Crippen MR) is 274 cm³/mol. The van der Waals surface area contributed by atoms with Gasteiger partial charge in [0.2, 0.25) is 0 Å². The highest BCUT2D eigenvalue weighted by Gasteiger charge is 2.22. The molecule has 0 N–H and O–H groups in total. The predicted octanol–water partition coefficient (Wildman–Crippen LogP) is 14.8. The molecule has 0 fully saturated rings. The number of esters is 2. The van der Waals surface area contributed by atoms with Crippen molar-refractivity contribution in [3.63, 3.8) is 0 Å². The third kappa shape index (κ3) is 49.9. The van der Waals surface area contributed by atoms with Gasteiger partial charge in [0, 0.05) is 12.8 Å². The Morgan fingerprint density at radius 3 is 1.18 bits per heavy atom. The lowest BCUT2D eigenvalue weighted by Gasteiger charge is -2.26. The molecule has 9 heteroatoms. The number of aliphatic carboxylic acids is 1. The molecule has 0 aliphatic rings. The molecule has 0 aliphatic carbocycles. The standard InChI is InChI=1S/C57H109NO8/c1-6-8-10-12-14-16-18-19-20-21-22-23-24-25-26-27-28-29-30-31-32-33-34-35-36-37-38-40-41-43-45-47-54(59)64-51-53(52-65-57(56(61)62)63-50-49-58(3,4)5)66-55(60)48-46-44-42-39-17-15-13-11-9-7-2/h11,13,53,57H,6-10,12,14-52H2,1-5H3/b13-11-. The van der Waals surface area contributed by atoms with Crippen molar-refractivity contribution in [2.75, 3.05) is 47.5 Å². The number of carbonyl (C=O) groups excluding carboxylic acids is 3. The normalized spacial score (nSPS) is 12.8. The molecule has 2 unspecified atom stereocenters. The first kappa shape index (κ1) is 64.0. The van der Waals surface area contributed by atoms with E-state index in [4.69, 9.17) is 18.9 Å². The SMILES string of the molecule is CCC/C=C\CCCCCCCC(=O)OC(COC(=O)CCCCCCCCCCCCCCCCCCCCCCCCCCCCCCCCC)COC(OCC[N+](C)(C)C)C(=O)[O-]. The Kier molecular flexibility index (Phi) is 48.0. The summed E-state index contributed by atoms with van der Waals surface area (Å²) in [5.74, 6) is -2.28. The van der Waals surface area contributed by atoms with Crippen molar-refractivity contribution in [2.45, 2.75) is 289 Å². The Balaban J connectivity index is 3.96. The third-order valence-electron chi connectivity index (χ3n) is 12.7. The highest BCUT2D eigenvalue weighted by atomic mass is 16.7. The minimum absolute atomic E-state index is 0.149. The van der Waals surface area contributed by atoms with E-state index in [0.29, 0.717) is 23.9 Å². The molecule has 0 bridgehead atoms. The number of carboxylic acids is 1. The third-order valence-corrected chi connectivity index (χ3v) is 12.7. The minimum Gasteiger partial charge on any atom is -0.545 e. The van der Waals surface area contributed by atoms with E-state index in [1.165, 1.54) is 186 Å². The van der Waals surface area contributed by atoms with Crippen LogP contribution in [0, 0.1) is 0 Å². The number of likely N-dealkylation sites (N-methyl/N-ethyl adjacent to an activating group) is 1. The van der Waals surface area contributed by atoms with Crippen LogP contribution in [0.25, 0.3) is 0 Å². The van der Waals surface area contributed by atoms with Crippen LogP contribution >= 0.6 is 0 Å². The van der Waals surface area contributed by atoms with E-state index in [1.54, 1.807) is 0 Å². The number of carboxylic acid groups (broad SMARTS) is 1. The van der Waals surface area contributed by atoms with Crippen LogP contribution in [-0.2, 0) is 33.3 Å². The zero-order valence-electron chi connectivity index (χ0n) is 44.3. The molecule has 2 atom stereocenters. The number of quaternary nitrogens is 1. The van der Waals surface area contributed by atoms with Crippen molar-refractivity contribution in [3.8, 4) is 0 Å². The topological polar surface area (TPSA) is 111 Å². The van der Waals surface area contributed by atoms with Gasteiger partial charge in [-0.15, -0.1) is 0 Å². The Morgan fingerprint density at radius 2 is 0.803 bits per heavy atom. The molecule has 0 saturated heterocycles. The maximum Gasteiger partial charge on any atom is 0.306 e. The average Bonchev–Trinajstić information content (AvgIpc) is 3.28. The van der Waals surface area contributed by atoms with E-state index in [9.17, 15) is 19.5 Å². The molecule has 0 rings (SSSR count). The Labute approximate surface area is 408 Å². The maximum atomic E-state index is 12.7. The fourth-order valence-corrected chi connectivity index (χ4v) is 8.36. The zero-order chi connectivity index (χ0) is 48.4. The van der Waals surface area contributed by atoms with E-state index in [1.807, 2.05) is 21.1 Å². The second kappa shape index (κ2) is 49.5. The molecule has 390 valence electrons. The lowest BCUT2D eigenvalue weighted by atomic mass is 10.0. The lowest BCUT2D eigenvalue weighted by molar-refractivity contribution is -0.870. The summed E-state index contributed by atoms with van der Waals surface area (Å²) in [5, 5.41) is 11.7. The summed E-state index contributed by atoms with van der Waals surface area (Å²) in [7, 11) is 5.92. The van der Waals surface area contributed by atoms with E-state index >= 15 is 0 Å². The molecule has 0 saturated carbocycles. The van der Waals surface area contributed by atoms with Crippen molar-refractivity contribution in [1.29, 1.82) is 0 Å². The number of ether oxygens (including phenoxy) is 4. The van der Waals surface area contributed by atoms with Gasteiger partial charge in [-0.2, -0.15) is 0 Å². The summed E-state index contributed by atoms with van der Waals surface area (Å²) in [4.78, 5) is 37.0. The number of rotatable bonds is 53. The summed E-state index contributed by atoms with van der Waals surface area (Å²) < 4.78 is 22.6. The van der Waals surface area contributed by atoms with Crippen LogP contribution < -0.4 is 5.11 Å². The summed E-state index contributed by atoms with van der Waals surface area (Å²) >= 11 is 0. The van der Waals surface area contributed by atoms with Crippen LogP contribution in [0.2, 0.25) is 0 Å². The summed E-state index contributed by atoms with van der Waals surface area (Å²) in [6.07, 6.45) is 53.0. The van der Waals surface area contributed by atoms with Gasteiger partial charge in [0.1, 0.15) is 13.2 Å². The van der Waals surface area contributed by atoms with Crippen LogP contribution in [0.15, 0.2) is 12.2 Å². The maximum absolute atomic E-state index is 12.7. The van der Waals surface area contributed by atoms with Gasteiger partial charge in [-0.05, 0) is 32.1 Å². The van der Waals surface area contributed by atoms with Crippen molar-refractivity contribution in [3.05, 3.63) is 12.2 Å². The minimum atomic E-state index is -1.62. The van der Waals surface area contributed by atoms with Crippen LogP contribution in [0.4, 0.5) is 0 Å². The fourth-order valence-electron chi connectivity index (χ4n) is 8.36. The largest absolute Gasteiger partial charge is 0.545 e. The van der Waals surface area contributed by atoms with Crippen molar-refractivity contribution in [2.24, 2.45) is 0 Å². The van der Waals surface area contributed by atoms with Gasteiger partial charge in [-0.25, -0.2) is 0 Å². The highest BCUT2D eigenvalue weighted by Crippen LogP contribution is 2.18. The number of allylic oxidation sites excluding steroid dienone is 2. The smallest absolute Gasteiger partial charge is 0.306 e. The van der Waals surface area contributed by atoms with Crippen LogP contribution in [-0.4, -0.2) is 82.3 Å². The second-order valence-corrected chi connectivity index (χ2v) is 20.6. The van der Waals surface area contributed by atoms with Crippen molar-refractivity contribution in [1.82, 2.24) is 0 Å². The van der Waals surface area contributed by atoms with Gasteiger partial charge in [0.25, 0.3) is 0 Å². The van der Waals surface area contributed by atoms with Crippen LogP contribution in [0.1, 0.15) is 277 Å². The van der Waals surface area contributed by atoms with Crippen LogP contribution in [0.5, 0.6) is 0 Å². The van der Waals surface area contributed by atoms with Gasteiger partial charge >= 0.3 is 11.9 Å². The quantitative estimate of drug-likeness (QED) is 0.0195. The van der Waals surface area contributed by atoms with Gasteiger partial charge in [-0.1, -0.05) is 244 Å². The number of hydrogen-bond acceptors (Lipinski definition) is 8. The number of nitrogens with zero attached hydrogens (tertiary/aromatic N) is 1. The Hall–Kier alpha value is -1.97. The summed E-state index contributed by atoms with van der Waals surface area (Å²) in [6.45, 7) is 4.71. The van der Waals surface area contributed by atoms with E-state index < -0.39 is 24.3 Å². The number of carbonyl (C=O) groups is 3. The highest BCUT2D eigenvalue weighted by molar-refractivity contribution is 5.70. The van der Waals surface area contributed by atoms with Gasteiger partial charge in [0.15, 0.2) is 12.4 Å². The Morgan fingerprint density at radius 1 is 0.439 bits per heavy atom. The molecule has 0 aromatic heterocycles. The average molecular weight is 936 g/mol. The number of unbranched alkanes of at least 4 members (excludes halogenated alkanes) is 36. The number of hydrogen-bond donors (Lipinski definition) is 0. The molecule has 66 heavy (non-hydrogen) atoms. The van der Waals surface area contributed by atoms with Crippen molar-refractivity contribution >= 4 is 17.9 Å². The molecular weight excluding hydrogens is 827 g/mol. The van der Waals surface area contributed by atoms with Gasteiger partial charge < -0.3 is 33.3 Å². The van der Waals surface area contributed by atoms with Crippen molar-refractivity contribution < 1.29 is 42.9 Å². The lowest BCUT2D eigenvalue weighted by Crippen LogP contribution is -2.44. The first-order chi connectivity index (χ1) is 32.1.